The van der Waals surface area contributed by atoms with Gasteiger partial charge in [0.15, 0.2) is 5.82 Å². The molecule has 5 nitrogen and oxygen atoms in total. The Hall–Kier alpha value is -2.95. The number of pyridine rings is 1. The topological polar surface area (TPSA) is 70.7 Å². The van der Waals surface area contributed by atoms with Crippen LogP contribution in [0.3, 0.4) is 0 Å². The molecule has 1 amide bonds. The molecule has 2 N–H and O–H groups in total. The second kappa shape index (κ2) is 5.81. The number of hydrogen-bond acceptors (Lipinski definition) is 3. The summed E-state index contributed by atoms with van der Waals surface area (Å²) in [6.45, 7) is 3.94. The molecule has 3 aromatic rings. The summed E-state index contributed by atoms with van der Waals surface area (Å²) in [6.07, 6.45) is 3.42. The third kappa shape index (κ3) is 3.03. The van der Waals surface area contributed by atoms with Gasteiger partial charge in [-0.15, -0.1) is 0 Å². The van der Waals surface area contributed by atoms with Gasteiger partial charge in [-0.3, -0.25) is 14.9 Å². The second-order valence-corrected chi connectivity index (χ2v) is 5.23. The molecule has 0 aliphatic carbocycles. The predicted molar refractivity (Wildman–Crippen MR) is 85.7 cm³/mol. The Morgan fingerprint density at radius 2 is 1.73 bits per heavy atom. The number of amides is 1. The van der Waals surface area contributed by atoms with Crippen molar-refractivity contribution >= 4 is 11.7 Å². The van der Waals surface area contributed by atoms with Crippen molar-refractivity contribution in [1.82, 2.24) is 15.2 Å². The van der Waals surface area contributed by atoms with Crippen LogP contribution in [0.25, 0.3) is 11.3 Å². The first-order chi connectivity index (χ1) is 10.6. The van der Waals surface area contributed by atoms with Gasteiger partial charge >= 0.3 is 0 Å². The minimum absolute atomic E-state index is 0.167. The van der Waals surface area contributed by atoms with Gasteiger partial charge < -0.3 is 5.32 Å². The highest BCUT2D eigenvalue weighted by atomic mass is 16.1. The largest absolute Gasteiger partial charge is 0.305 e. The maximum Gasteiger partial charge on any atom is 0.256 e. The van der Waals surface area contributed by atoms with Crippen LogP contribution >= 0.6 is 0 Å². The molecule has 0 spiro atoms. The summed E-state index contributed by atoms with van der Waals surface area (Å²) in [7, 11) is 0. The van der Waals surface area contributed by atoms with Crippen molar-refractivity contribution in [3.05, 3.63) is 65.5 Å². The number of H-pyrrole nitrogens is 1. The fourth-order valence-electron chi connectivity index (χ4n) is 2.36. The minimum Gasteiger partial charge on any atom is -0.305 e. The molecule has 1 aromatic carbocycles. The maximum absolute atomic E-state index is 12.3. The van der Waals surface area contributed by atoms with Crippen LogP contribution in [0.5, 0.6) is 0 Å². The maximum atomic E-state index is 12.3. The lowest BCUT2D eigenvalue weighted by atomic mass is 10.1. The van der Waals surface area contributed by atoms with Crippen molar-refractivity contribution in [2.75, 3.05) is 5.32 Å². The summed E-state index contributed by atoms with van der Waals surface area (Å²) in [6, 6.07) is 11.3. The third-order valence-electron chi connectivity index (χ3n) is 3.29. The van der Waals surface area contributed by atoms with Gasteiger partial charge in [0.25, 0.3) is 5.91 Å². The number of benzene rings is 1. The van der Waals surface area contributed by atoms with Gasteiger partial charge in [-0.25, -0.2) is 0 Å². The second-order valence-electron chi connectivity index (χ2n) is 5.23. The zero-order valence-corrected chi connectivity index (χ0v) is 12.4. The zero-order valence-electron chi connectivity index (χ0n) is 12.4. The molecule has 3 rings (SSSR count). The number of aromatic nitrogens is 3. The van der Waals surface area contributed by atoms with Crippen LogP contribution in [-0.2, 0) is 0 Å². The Morgan fingerprint density at radius 3 is 2.41 bits per heavy atom. The Balaban J connectivity index is 1.79. The van der Waals surface area contributed by atoms with Crippen LogP contribution in [-0.4, -0.2) is 21.1 Å². The third-order valence-corrected chi connectivity index (χ3v) is 3.29. The molecule has 0 atom stereocenters. The molecular weight excluding hydrogens is 276 g/mol. The van der Waals surface area contributed by atoms with E-state index in [1.165, 1.54) is 0 Å². The molecular formula is C17H16N4O. The number of aromatic amines is 1. The molecule has 0 radical (unpaired) electrons. The molecule has 0 saturated carbocycles. The van der Waals surface area contributed by atoms with E-state index < -0.39 is 0 Å². The molecule has 0 unspecified atom stereocenters. The molecule has 0 fully saturated rings. The Morgan fingerprint density at radius 1 is 1.05 bits per heavy atom. The lowest BCUT2D eigenvalue weighted by molar-refractivity contribution is 0.102. The monoisotopic (exact) mass is 292 g/mol. The average molecular weight is 292 g/mol. The lowest BCUT2D eigenvalue weighted by Crippen LogP contribution is -2.12. The van der Waals surface area contributed by atoms with Crippen LogP contribution in [0, 0.1) is 13.8 Å². The van der Waals surface area contributed by atoms with Gasteiger partial charge in [-0.2, -0.15) is 5.10 Å². The molecule has 0 saturated heterocycles. The van der Waals surface area contributed by atoms with E-state index in [1.807, 2.05) is 44.2 Å². The van der Waals surface area contributed by atoms with Gasteiger partial charge in [-0.05, 0) is 38.1 Å². The van der Waals surface area contributed by atoms with Crippen LogP contribution in [0.15, 0.2) is 48.8 Å². The van der Waals surface area contributed by atoms with Gasteiger partial charge in [-0.1, -0.05) is 17.2 Å². The summed E-state index contributed by atoms with van der Waals surface area (Å²) in [4.78, 5) is 16.3. The number of nitrogens with zero attached hydrogens (tertiary/aromatic N) is 2. The van der Waals surface area contributed by atoms with Crippen molar-refractivity contribution < 1.29 is 4.79 Å². The number of anilines is 1. The minimum atomic E-state index is -0.167. The summed E-state index contributed by atoms with van der Waals surface area (Å²) in [5.41, 5.74) is 4.55. The van der Waals surface area contributed by atoms with E-state index in [1.54, 1.807) is 18.5 Å². The lowest BCUT2D eigenvalue weighted by Gasteiger charge is -2.04. The molecule has 0 aliphatic rings. The Labute approximate surface area is 128 Å². The summed E-state index contributed by atoms with van der Waals surface area (Å²) < 4.78 is 0. The van der Waals surface area contributed by atoms with E-state index in [2.05, 4.69) is 20.5 Å². The first-order valence-corrected chi connectivity index (χ1v) is 6.97. The molecule has 5 heteroatoms. The number of hydrogen-bond donors (Lipinski definition) is 2. The molecule has 110 valence electrons. The quantitative estimate of drug-likeness (QED) is 0.777. The van der Waals surface area contributed by atoms with Gasteiger partial charge in [0.1, 0.15) is 0 Å². The molecule has 22 heavy (non-hydrogen) atoms. The van der Waals surface area contributed by atoms with Crippen LogP contribution in [0.2, 0.25) is 0 Å². The number of nitrogens with one attached hydrogen (secondary N) is 2. The molecule has 2 aromatic heterocycles. The van der Waals surface area contributed by atoms with E-state index in [-0.39, 0.29) is 5.91 Å². The molecule has 0 aliphatic heterocycles. The zero-order chi connectivity index (χ0) is 15.5. The standard InChI is InChI=1S/C17H16N4O/c1-11-7-12(2)9-14(8-11)17(22)19-16-10-15(20-21-16)13-3-5-18-6-4-13/h3-10H,1-2H3,(H2,19,20,21,22). The highest BCUT2D eigenvalue weighted by Gasteiger charge is 2.10. The van der Waals surface area contributed by atoms with Gasteiger partial charge in [0.2, 0.25) is 0 Å². The number of aryl methyl sites for hydroxylation is 2. The van der Waals surface area contributed by atoms with Crippen molar-refractivity contribution in [2.45, 2.75) is 13.8 Å². The van der Waals surface area contributed by atoms with Crippen LogP contribution in [0.4, 0.5) is 5.82 Å². The van der Waals surface area contributed by atoms with Crippen LogP contribution in [0.1, 0.15) is 21.5 Å². The normalized spacial score (nSPS) is 10.5. The summed E-state index contributed by atoms with van der Waals surface area (Å²) in [5, 5.41) is 9.84. The summed E-state index contributed by atoms with van der Waals surface area (Å²) in [5.74, 6) is 0.329. The van der Waals surface area contributed by atoms with Crippen molar-refractivity contribution in [3.63, 3.8) is 0 Å². The van der Waals surface area contributed by atoms with E-state index >= 15 is 0 Å². The highest BCUT2D eigenvalue weighted by molar-refractivity contribution is 6.04. The average Bonchev–Trinajstić information content (AvgIpc) is 2.95. The number of carbonyl (C=O) groups is 1. The van der Waals surface area contributed by atoms with Crippen molar-refractivity contribution in [2.24, 2.45) is 0 Å². The predicted octanol–water partition coefficient (Wildman–Crippen LogP) is 3.34. The molecule has 0 bridgehead atoms. The Bertz CT molecular complexity index is 788. The number of carbonyl (C=O) groups excluding carboxylic acids is 1. The van der Waals surface area contributed by atoms with Crippen molar-refractivity contribution in [1.29, 1.82) is 0 Å². The first kappa shape index (κ1) is 14.0. The molecule has 2 heterocycles. The van der Waals surface area contributed by atoms with Crippen molar-refractivity contribution in [3.8, 4) is 11.3 Å². The first-order valence-electron chi connectivity index (χ1n) is 6.97. The van der Waals surface area contributed by atoms with E-state index in [4.69, 9.17) is 0 Å². The van der Waals surface area contributed by atoms with Crippen LogP contribution < -0.4 is 5.32 Å². The van der Waals surface area contributed by atoms with E-state index in [0.717, 1.165) is 22.4 Å². The van der Waals surface area contributed by atoms with Gasteiger partial charge in [0.05, 0.1) is 5.69 Å². The summed E-state index contributed by atoms with van der Waals surface area (Å²) >= 11 is 0. The highest BCUT2D eigenvalue weighted by Crippen LogP contribution is 2.19. The fraction of sp³-hybridized carbons (Fsp3) is 0.118. The fourth-order valence-corrected chi connectivity index (χ4v) is 2.36. The Kier molecular flexibility index (Phi) is 3.70. The number of rotatable bonds is 3. The van der Waals surface area contributed by atoms with E-state index in [0.29, 0.717) is 11.4 Å². The SMILES string of the molecule is Cc1cc(C)cc(C(=O)Nc2cc(-c3ccncc3)[nH]n2)c1. The smallest absolute Gasteiger partial charge is 0.256 e. The van der Waals surface area contributed by atoms with Gasteiger partial charge in [0, 0.05) is 29.6 Å². The van der Waals surface area contributed by atoms with E-state index in [9.17, 15) is 4.79 Å².